The topological polar surface area (TPSA) is 72.8 Å². The van der Waals surface area contributed by atoms with Crippen LogP contribution in [0.1, 0.15) is 33.6 Å². The van der Waals surface area contributed by atoms with Gasteiger partial charge in [0.15, 0.2) is 0 Å². The summed E-state index contributed by atoms with van der Waals surface area (Å²) in [6.07, 6.45) is 2.12. The van der Waals surface area contributed by atoms with Crippen LogP contribution in [0.15, 0.2) is 23.8 Å². The normalized spacial score (nSPS) is 43.8. The maximum atomic E-state index is 12.0. The third-order valence-corrected chi connectivity index (χ3v) is 5.40. The van der Waals surface area contributed by atoms with Crippen LogP contribution in [0.4, 0.5) is 0 Å². The molecule has 3 rings (SSSR count). The van der Waals surface area contributed by atoms with E-state index in [1.165, 1.54) is 6.92 Å². The number of esters is 2. The van der Waals surface area contributed by atoms with Crippen molar-refractivity contribution in [2.45, 2.75) is 51.4 Å². The summed E-state index contributed by atoms with van der Waals surface area (Å²) in [5, 5.41) is 10.9. The van der Waals surface area contributed by atoms with Gasteiger partial charge in [0.2, 0.25) is 0 Å². The molecule has 1 heterocycles. The molecule has 1 saturated heterocycles. The van der Waals surface area contributed by atoms with Crippen molar-refractivity contribution in [3.05, 3.63) is 23.8 Å². The third kappa shape index (κ3) is 2.19. The molecule has 0 aromatic heterocycles. The Bertz CT molecular complexity index is 574. The standard InChI is InChI=1S/C17H22O5/c1-8-5-6-11-13(8)15-14(9(2)16(19)22-15)12(21-10(3)18)7-17(11,4)20/h5,11-15,20H,2,6-7H2,1,3-4H3/t11-,12+,13-,14+,15-,17-/m1/s1. The molecule has 6 atom stereocenters. The van der Waals surface area contributed by atoms with Crippen LogP contribution in [0.25, 0.3) is 0 Å². The summed E-state index contributed by atoms with van der Waals surface area (Å²) < 4.78 is 11.0. The fourth-order valence-corrected chi connectivity index (χ4v) is 4.40. The van der Waals surface area contributed by atoms with Crippen molar-refractivity contribution < 1.29 is 24.2 Å². The predicted octanol–water partition coefficient (Wildman–Crippen LogP) is 1.75. The van der Waals surface area contributed by atoms with E-state index in [2.05, 4.69) is 12.7 Å². The molecular weight excluding hydrogens is 284 g/mol. The third-order valence-electron chi connectivity index (χ3n) is 5.40. The van der Waals surface area contributed by atoms with E-state index in [-0.39, 0.29) is 24.2 Å². The fraction of sp³-hybridized carbons (Fsp3) is 0.647. The van der Waals surface area contributed by atoms with Gasteiger partial charge in [0.05, 0.1) is 11.5 Å². The summed E-state index contributed by atoms with van der Waals surface area (Å²) >= 11 is 0. The highest BCUT2D eigenvalue weighted by atomic mass is 16.6. The van der Waals surface area contributed by atoms with E-state index in [4.69, 9.17) is 9.47 Å². The highest BCUT2D eigenvalue weighted by molar-refractivity contribution is 5.91. The van der Waals surface area contributed by atoms with Gasteiger partial charge in [-0.1, -0.05) is 18.2 Å². The number of carbonyl (C=O) groups excluding carboxylic acids is 2. The van der Waals surface area contributed by atoms with Gasteiger partial charge in [-0.15, -0.1) is 0 Å². The smallest absolute Gasteiger partial charge is 0.334 e. The zero-order chi connectivity index (χ0) is 16.2. The van der Waals surface area contributed by atoms with E-state index in [1.807, 2.05) is 6.92 Å². The molecule has 0 amide bonds. The van der Waals surface area contributed by atoms with Gasteiger partial charge in [0, 0.05) is 30.8 Å². The first kappa shape index (κ1) is 15.3. The Balaban J connectivity index is 2.05. The summed E-state index contributed by atoms with van der Waals surface area (Å²) in [4.78, 5) is 23.4. The molecule has 120 valence electrons. The number of hydrogen-bond acceptors (Lipinski definition) is 5. The van der Waals surface area contributed by atoms with Crippen LogP contribution < -0.4 is 0 Å². The largest absolute Gasteiger partial charge is 0.462 e. The first-order valence-electron chi connectivity index (χ1n) is 7.68. The Morgan fingerprint density at radius 1 is 1.50 bits per heavy atom. The van der Waals surface area contributed by atoms with Gasteiger partial charge in [-0.2, -0.15) is 0 Å². The zero-order valence-electron chi connectivity index (χ0n) is 13.2. The molecule has 5 nitrogen and oxygen atoms in total. The van der Waals surface area contributed by atoms with Crippen molar-refractivity contribution in [3.63, 3.8) is 0 Å². The molecule has 22 heavy (non-hydrogen) atoms. The van der Waals surface area contributed by atoms with E-state index in [0.29, 0.717) is 5.57 Å². The second-order valence-electron chi connectivity index (χ2n) is 6.95. The SMILES string of the molecule is C=C1C(=O)O[C@H]2[C@@H]1[C@@H](OC(C)=O)C[C@@](C)(O)[C@@H]1CC=C(C)[C@@H]21. The molecule has 0 aromatic rings. The first-order chi connectivity index (χ1) is 10.2. The predicted molar refractivity (Wildman–Crippen MR) is 78.7 cm³/mol. The lowest BCUT2D eigenvalue weighted by Crippen LogP contribution is -2.40. The van der Waals surface area contributed by atoms with Gasteiger partial charge >= 0.3 is 11.9 Å². The quantitative estimate of drug-likeness (QED) is 0.454. The lowest BCUT2D eigenvalue weighted by molar-refractivity contribution is -0.152. The van der Waals surface area contributed by atoms with Gasteiger partial charge in [-0.25, -0.2) is 4.79 Å². The summed E-state index contributed by atoms with van der Waals surface area (Å²) in [7, 11) is 0. The molecule has 0 aromatic carbocycles. The fourth-order valence-electron chi connectivity index (χ4n) is 4.40. The number of hydrogen-bond donors (Lipinski definition) is 1. The second kappa shape index (κ2) is 4.95. The van der Waals surface area contributed by atoms with E-state index < -0.39 is 29.7 Å². The van der Waals surface area contributed by atoms with Gasteiger partial charge in [-0.05, 0) is 20.3 Å². The van der Waals surface area contributed by atoms with Gasteiger partial charge in [0.25, 0.3) is 0 Å². The Kier molecular flexibility index (Phi) is 3.44. The maximum Gasteiger partial charge on any atom is 0.334 e. The zero-order valence-corrected chi connectivity index (χ0v) is 13.2. The monoisotopic (exact) mass is 306 g/mol. The number of rotatable bonds is 1. The molecule has 1 N–H and O–H groups in total. The molecule has 1 saturated carbocycles. The maximum absolute atomic E-state index is 12.0. The summed E-state index contributed by atoms with van der Waals surface area (Å²) in [6, 6.07) is 0. The lowest BCUT2D eigenvalue weighted by Gasteiger charge is -2.34. The Labute approximate surface area is 130 Å². The minimum atomic E-state index is -0.990. The van der Waals surface area contributed by atoms with Crippen molar-refractivity contribution in [2.24, 2.45) is 17.8 Å². The van der Waals surface area contributed by atoms with Crippen molar-refractivity contribution in [3.8, 4) is 0 Å². The van der Waals surface area contributed by atoms with Crippen LogP contribution >= 0.6 is 0 Å². The van der Waals surface area contributed by atoms with Crippen LogP contribution in [0.3, 0.4) is 0 Å². The van der Waals surface area contributed by atoms with E-state index >= 15 is 0 Å². The lowest BCUT2D eigenvalue weighted by atomic mass is 9.76. The Morgan fingerprint density at radius 3 is 2.82 bits per heavy atom. The first-order valence-corrected chi connectivity index (χ1v) is 7.68. The van der Waals surface area contributed by atoms with Crippen molar-refractivity contribution in [2.75, 3.05) is 0 Å². The van der Waals surface area contributed by atoms with Crippen LogP contribution in [-0.4, -0.2) is 34.9 Å². The number of allylic oxidation sites excluding steroid dienone is 1. The number of ether oxygens (including phenoxy) is 2. The van der Waals surface area contributed by atoms with Crippen LogP contribution in [0.2, 0.25) is 0 Å². The molecule has 0 spiro atoms. The van der Waals surface area contributed by atoms with Gasteiger partial charge < -0.3 is 14.6 Å². The van der Waals surface area contributed by atoms with E-state index in [1.54, 1.807) is 6.92 Å². The Hall–Kier alpha value is -1.62. The number of carbonyl (C=O) groups is 2. The molecule has 2 aliphatic carbocycles. The highest BCUT2D eigenvalue weighted by Crippen LogP contribution is 2.52. The van der Waals surface area contributed by atoms with Crippen molar-refractivity contribution in [1.29, 1.82) is 0 Å². The number of fused-ring (bicyclic) bond motifs is 3. The summed E-state index contributed by atoms with van der Waals surface area (Å²) in [5.74, 6) is -1.33. The molecule has 2 fully saturated rings. The molecule has 0 unspecified atom stereocenters. The van der Waals surface area contributed by atoms with Crippen LogP contribution in [0.5, 0.6) is 0 Å². The van der Waals surface area contributed by atoms with Gasteiger partial charge in [0.1, 0.15) is 12.2 Å². The van der Waals surface area contributed by atoms with E-state index in [0.717, 1.165) is 12.0 Å². The van der Waals surface area contributed by atoms with Crippen molar-refractivity contribution in [1.82, 2.24) is 0 Å². The second-order valence-corrected chi connectivity index (χ2v) is 6.95. The molecule has 5 heteroatoms. The summed E-state index contributed by atoms with van der Waals surface area (Å²) in [5.41, 5.74) is 0.467. The molecule has 1 aliphatic heterocycles. The minimum Gasteiger partial charge on any atom is -0.462 e. The van der Waals surface area contributed by atoms with Gasteiger partial charge in [-0.3, -0.25) is 4.79 Å². The summed E-state index contributed by atoms with van der Waals surface area (Å²) in [6.45, 7) is 8.95. The molecule has 3 aliphatic rings. The molecule has 0 bridgehead atoms. The Morgan fingerprint density at radius 2 is 2.18 bits per heavy atom. The molecule has 0 radical (unpaired) electrons. The van der Waals surface area contributed by atoms with Crippen LogP contribution in [-0.2, 0) is 19.1 Å². The molecular formula is C17H22O5. The average molecular weight is 306 g/mol. The van der Waals surface area contributed by atoms with Crippen molar-refractivity contribution >= 4 is 11.9 Å². The van der Waals surface area contributed by atoms with Crippen LogP contribution in [0, 0.1) is 17.8 Å². The van der Waals surface area contributed by atoms with E-state index in [9.17, 15) is 14.7 Å². The minimum absolute atomic E-state index is 0.0424. The number of aliphatic hydroxyl groups is 1. The average Bonchev–Trinajstić information content (AvgIpc) is 2.87. The highest BCUT2D eigenvalue weighted by Gasteiger charge is 2.58.